The highest BCUT2D eigenvalue weighted by atomic mass is 35.5. The zero-order valence-electron chi connectivity index (χ0n) is 12.9. The lowest BCUT2D eigenvalue weighted by Crippen LogP contribution is -2.53. The van der Waals surface area contributed by atoms with Crippen molar-refractivity contribution in [3.05, 3.63) is 28.2 Å². The molecule has 2 aliphatic rings. The molecule has 1 saturated carbocycles. The molecule has 0 N–H and O–H groups in total. The first kappa shape index (κ1) is 17.5. The van der Waals surface area contributed by atoms with Gasteiger partial charge in [0.2, 0.25) is 0 Å². The molecule has 2 atom stereocenters. The standard InChI is InChI=1S/C16H21Cl2NO3S/c17-12-5-6-13(18)16(11-12)23(20,21)10-8-19-7-9-22-15-4-2-1-3-14(15)19/h5-6,11,14-15H,1-4,7-10H2. The molecule has 1 aromatic carbocycles. The highest BCUT2D eigenvalue weighted by Crippen LogP contribution is 2.29. The van der Waals surface area contributed by atoms with Gasteiger partial charge >= 0.3 is 0 Å². The summed E-state index contributed by atoms with van der Waals surface area (Å²) in [6.45, 7) is 1.98. The van der Waals surface area contributed by atoms with Crippen LogP contribution >= 0.6 is 23.2 Å². The highest BCUT2D eigenvalue weighted by molar-refractivity contribution is 7.91. The second-order valence-electron chi connectivity index (χ2n) is 6.19. The summed E-state index contributed by atoms with van der Waals surface area (Å²) in [6, 6.07) is 4.91. The summed E-state index contributed by atoms with van der Waals surface area (Å²) < 4.78 is 31.0. The molecule has 0 amide bonds. The van der Waals surface area contributed by atoms with Crippen LogP contribution in [0.5, 0.6) is 0 Å². The van der Waals surface area contributed by atoms with Gasteiger partial charge < -0.3 is 4.74 Å². The molecular weight excluding hydrogens is 357 g/mol. The maximum absolute atomic E-state index is 12.6. The minimum absolute atomic E-state index is 0.0519. The molecule has 0 spiro atoms. The fraction of sp³-hybridized carbons (Fsp3) is 0.625. The van der Waals surface area contributed by atoms with E-state index < -0.39 is 9.84 Å². The molecule has 23 heavy (non-hydrogen) atoms. The molecule has 4 nitrogen and oxygen atoms in total. The van der Waals surface area contributed by atoms with Crippen LogP contribution in [0.1, 0.15) is 25.7 Å². The topological polar surface area (TPSA) is 46.6 Å². The van der Waals surface area contributed by atoms with Gasteiger partial charge in [0, 0.05) is 24.2 Å². The molecule has 0 bridgehead atoms. The maximum atomic E-state index is 12.6. The van der Waals surface area contributed by atoms with E-state index in [1.165, 1.54) is 25.0 Å². The molecule has 2 fully saturated rings. The van der Waals surface area contributed by atoms with Gasteiger partial charge in [-0.1, -0.05) is 36.0 Å². The summed E-state index contributed by atoms with van der Waals surface area (Å²) >= 11 is 12.0. The van der Waals surface area contributed by atoms with E-state index >= 15 is 0 Å². The third-order valence-electron chi connectivity index (χ3n) is 4.72. The predicted molar refractivity (Wildman–Crippen MR) is 92.1 cm³/mol. The van der Waals surface area contributed by atoms with Gasteiger partial charge in [0.1, 0.15) is 0 Å². The Hall–Kier alpha value is -0.330. The second-order valence-corrected chi connectivity index (χ2v) is 9.11. The van der Waals surface area contributed by atoms with Gasteiger partial charge in [-0.05, 0) is 31.0 Å². The van der Waals surface area contributed by atoms with E-state index in [0.29, 0.717) is 24.2 Å². The van der Waals surface area contributed by atoms with Crippen molar-refractivity contribution in [2.75, 3.05) is 25.4 Å². The fourth-order valence-electron chi connectivity index (χ4n) is 3.52. The third-order valence-corrected chi connectivity index (χ3v) is 7.13. The van der Waals surface area contributed by atoms with Gasteiger partial charge in [-0.3, -0.25) is 4.90 Å². The lowest BCUT2D eigenvalue weighted by Gasteiger charge is -2.43. The summed E-state index contributed by atoms with van der Waals surface area (Å²) in [5, 5.41) is 0.610. The number of nitrogens with zero attached hydrogens (tertiary/aromatic N) is 1. The summed E-state index contributed by atoms with van der Waals surface area (Å²) in [7, 11) is -3.45. The monoisotopic (exact) mass is 377 g/mol. The van der Waals surface area contributed by atoms with Gasteiger partial charge in [0.25, 0.3) is 0 Å². The number of morpholine rings is 1. The van der Waals surface area contributed by atoms with Crippen molar-refractivity contribution in [2.24, 2.45) is 0 Å². The van der Waals surface area contributed by atoms with Crippen molar-refractivity contribution in [1.82, 2.24) is 4.90 Å². The average Bonchev–Trinajstić information content (AvgIpc) is 2.55. The number of sulfone groups is 1. The Morgan fingerprint density at radius 1 is 1.22 bits per heavy atom. The number of halogens is 2. The second kappa shape index (κ2) is 7.28. The van der Waals surface area contributed by atoms with E-state index in [-0.39, 0.29) is 21.8 Å². The molecule has 7 heteroatoms. The Morgan fingerprint density at radius 2 is 2.00 bits per heavy atom. The molecule has 3 rings (SSSR count). The number of rotatable bonds is 4. The zero-order chi connectivity index (χ0) is 16.4. The molecule has 1 aliphatic heterocycles. The number of benzene rings is 1. The fourth-order valence-corrected chi connectivity index (χ4v) is 5.59. The lowest BCUT2D eigenvalue weighted by atomic mass is 9.90. The SMILES string of the molecule is O=S(=O)(CCN1CCOC2CCCCC21)c1cc(Cl)ccc1Cl. The molecule has 1 heterocycles. The summed E-state index contributed by atoms with van der Waals surface area (Å²) in [5.74, 6) is 0.0519. The minimum Gasteiger partial charge on any atom is -0.375 e. The van der Waals surface area contributed by atoms with Crippen LogP contribution < -0.4 is 0 Å². The van der Waals surface area contributed by atoms with E-state index in [2.05, 4.69) is 4.90 Å². The van der Waals surface area contributed by atoms with Gasteiger partial charge in [-0.15, -0.1) is 0 Å². The van der Waals surface area contributed by atoms with E-state index in [0.717, 1.165) is 19.4 Å². The van der Waals surface area contributed by atoms with Crippen molar-refractivity contribution in [3.8, 4) is 0 Å². The van der Waals surface area contributed by atoms with Crippen LogP contribution in [0.15, 0.2) is 23.1 Å². The number of hydrogen-bond donors (Lipinski definition) is 0. The van der Waals surface area contributed by atoms with Crippen LogP contribution in [0.25, 0.3) is 0 Å². The molecule has 1 aromatic rings. The minimum atomic E-state index is -3.45. The first-order chi connectivity index (χ1) is 11.0. The Kier molecular flexibility index (Phi) is 5.53. The first-order valence-corrected chi connectivity index (χ1v) is 10.4. The van der Waals surface area contributed by atoms with Gasteiger partial charge in [0.05, 0.1) is 28.4 Å². The van der Waals surface area contributed by atoms with E-state index in [4.69, 9.17) is 27.9 Å². The zero-order valence-corrected chi connectivity index (χ0v) is 15.2. The molecule has 0 aromatic heterocycles. The van der Waals surface area contributed by atoms with Crippen molar-refractivity contribution in [2.45, 2.75) is 42.7 Å². The van der Waals surface area contributed by atoms with Gasteiger partial charge in [0.15, 0.2) is 9.84 Å². The third kappa shape index (κ3) is 4.02. The lowest BCUT2D eigenvalue weighted by molar-refractivity contribution is -0.0859. The molecule has 1 saturated heterocycles. The summed E-state index contributed by atoms with van der Waals surface area (Å²) in [4.78, 5) is 2.39. The quantitative estimate of drug-likeness (QED) is 0.806. The van der Waals surface area contributed by atoms with Crippen LogP contribution in [0.4, 0.5) is 0 Å². The Balaban J connectivity index is 1.70. The number of fused-ring (bicyclic) bond motifs is 1. The summed E-state index contributed by atoms with van der Waals surface area (Å²) in [6.07, 6.45) is 4.81. The normalized spacial score (nSPS) is 26.0. The van der Waals surface area contributed by atoms with Crippen molar-refractivity contribution >= 4 is 33.0 Å². The maximum Gasteiger partial charge on any atom is 0.181 e. The number of hydrogen-bond acceptors (Lipinski definition) is 4. The molecule has 128 valence electrons. The van der Waals surface area contributed by atoms with E-state index in [9.17, 15) is 8.42 Å². The van der Waals surface area contributed by atoms with E-state index in [1.54, 1.807) is 6.07 Å². The summed E-state index contributed by atoms with van der Waals surface area (Å²) in [5.41, 5.74) is 0. The van der Waals surface area contributed by atoms with Crippen LogP contribution in [0.2, 0.25) is 10.0 Å². The number of ether oxygens (including phenoxy) is 1. The largest absolute Gasteiger partial charge is 0.375 e. The Labute approximate surface area is 147 Å². The molecule has 0 radical (unpaired) electrons. The van der Waals surface area contributed by atoms with Crippen LogP contribution in [0, 0.1) is 0 Å². The van der Waals surface area contributed by atoms with Crippen molar-refractivity contribution in [3.63, 3.8) is 0 Å². The molecular formula is C16H21Cl2NO3S. The van der Waals surface area contributed by atoms with Crippen molar-refractivity contribution in [1.29, 1.82) is 0 Å². The Bertz CT molecular complexity index is 663. The van der Waals surface area contributed by atoms with E-state index in [1.807, 2.05) is 0 Å². The van der Waals surface area contributed by atoms with Crippen LogP contribution in [0.3, 0.4) is 0 Å². The predicted octanol–water partition coefficient (Wildman–Crippen LogP) is 3.41. The smallest absolute Gasteiger partial charge is 0.181 e. The highest BCUT2D eigenvalue weighted by Gasteiger charge is 2.34. The van der Waals surface area contributed by atoms with Crippen LogP contribution in [-0.4, -0.2) is 50.9 Å². The van der Waals surface area contributed by atoms with Gasteiger partial charge in [-0.25, -0.2) is 8.42 Å². The Morgan fingerprint density at radius 3 is 2.83 bits per heavy atom. The van der Waals surface area contributed by atoms with Crippen molar-refractivity contribution < 1.29 is 13.2 Å². The first-order valence-electron chi connectivity index (χ1n) is 8.01. The molecule has 1 aliphatic carbocycles. The molecule has 2 unspecified atom stereocenters. The average molecular weight is 378 g/mol. The van der Waals surface area contributed by atoms with Gasteiger partial charge in [-0.2, -0.15) is 0 Å². The van der Waals surface area contributed by atoms with Crippen LogP contribution in [-0.2, 0) is 14.6 Å².